The van der Waals surface area contributed by atoms with Gasteiger partial charge in [-0.2, -0.15) is 0 Å². The first-order valence-electron chi connectivity index (χ1n) is 13.4. The van der Waals surface area contributed by atoms with Crippen LogP contribution in [0.3, 0.4) is 0 Å². The summed E-state index contributed by atoms with van der Waals surface area (Å²) in [4.78, 5) is 26.4. The van der Waals surface area contributed by atoms with E-state index >= 15 is 0 Å². The second kappa shape index (κ2) is 14.5. The summed E-state index contributed by atoms with van der Waals surface area (Å²) in [6, 6.07) is 7.52. The third-order valence-electron chi connectivity index (χ3n) is 6.90. The Balaban J connectivity index is 1.31. The Bertz CT molecular complexity index is 991. The van der Waals surface area contributed by atoms with Crippen molar-refractivity contribution in [2.45, 2.75) is 115 Å². The van der Waals surface area contributed by atoms with Crippen LogP contribution in [0, 0.1) is 0 Å². The van der Waals surface area contributed by atoms with Crippen LogP contribution < -0.4 is 0 Å². The SMILES string of the molecule is C[C@H](CCCCCCCC[C@@H](O)CC(=O)O)O[C@@H]1O[C@@H](C)[C@H](OC(=O)c2c[nH]c3ccccc23)C[C@H]1O. The van der Waals surface area contributed by atoms with Crippen LogP contribution >= 0.6 is 0 Å². The third-order valence-corrected chi connectivity index (χ3v) is 6.90. The lowest BCUT2D eigenvalue weighted by Gasteiger charge is -2.38. The predicted octanol–water partition coefficient (Wildman–Crippen LogP) is 4.55. The van der Waals surface area contributed by atoms with E-state index < -0.39 is 42.6 Å². The van der Waals surface area contributed by atoms with Gasteiger partial charge in [0.15, 0.2) is 6.29 Å². The lowest BCUT2D eigenvalue weighted by molar-refractivity contribution is -0.273. The fraction of sp³-hybridized carbons (Fsp3) is 0.643. The predicted molar refractivity (Wildman–Crippen MR) is 138 cm³/mol. The standard InChI is InChI=1S/C28H41NO8/c1-18(11-7-5-3-4-6-8-12-20(30)15-26(32)33)35-28-24(31)16-25(19(2)36-28)37-27(34)22-17-29-23-14-10-9-13-21(22)23/h9-10,13-14,17-20,24-25,28-31H,3-8,11-12,15-16H2,1-2H3,(H,32,33)/t18-,19+,20-,24-,25-,28-/m1/s1. The molecule has 3 rings (SSSR count). The van der Waals surface area contributed by atoms with Gasteiger partial charge in [-0.05, 0) is 32.8 Å². The maximum Gasteiger partial charge on any atom is 0.340 e. The molecule has 37 heavy (non-hydrogen) atoms. The Morgan fingerprint density at radius 3 is 2.51 bits per heavy atom. The van der Waals surface area contributed by atoms with Crippen LogP contribution in [0.4, 0.5) is 0 Å². The zero-order valence-corrected chi connectivity index (χ0v) is 21.8. The molecule has 206 valence electrons. The van der Waals surface area contributed by atoms with Crippen LogP contribution in [0.5, 0.6) is 0 Å². The zero-order chi connectivity index (χ0) is 26.8. The van der Waals surface area contributed by atoms with Gasteiger partial charge in [0.2, 0.25) is 0 Å². The Hall–Kier alpha value is -2.46. The number of fused-ring (bicyclic) bond motifs is 1. The lowest BCUT2D eigenvalue weighted by Crippen LogP contribution is -2.49. The molecule has 0 amide bonds. The Kier molecular flexibility index (Phi) is 11.4. The smallest absolute Gasteiger partial charge is 0.340 e. The highest BCUT2D eigenvalue weighted by Gasteiger charge is 2.38. The minimum absolute atomic E-state index is 0.0802. The summed E-state index contributed by atoms with van der Waals surface area (Å²) in [6.45, 7) is 3.79. The van der Waals surface area contributed by atoms with Crippen molar-refractivity contribution in [3.63, 3.8) is 0 Å². The molecule has 6 atom stereocenters. The molecule has 2 aromatic rings. The summed E-state index contributed by atoms with van der Waals surface area (Å²) in [5, 5.41) is 29.6. The molecule has 0 spiro atoms. The monoisotopic (exact) mass is 519 g/mol. The molecular formula is C28H41NO8. The number of carboxylic acid groups (broad SMARTS) is 1. The first-order chi connectivity index (χ1) is 17.7. The average Bonchev–Trinajstić information content (AvgIpc) is 3.28. The number of aliphatic hydroxyl groups excluding tert-OH is 2. The number of hydrogen-bond acceptors (Lipinski definition) is 7. The summed E-state index contributed by atoms with van der Waals surface area (Å²) < 4.78 is 17.5. The molecule has 1 aromatic heterocycles. The fourth-order valence-electron chi connectivity index (χ4n) is 4.76. The zero-order valence-electron chi connectivity index (χ0n) is 21.8. The number of carboxylic acids is 1. The van der Waals surface area contributed by atoms with Crippen LogP contribution in [0.1, 0.15) is 88.4 Å². The van der Waals surface area contributed by atoms with Crippen molar-refractivity contribution in [2.75, 3.05) is 0 Å². The summed E-state index contributed by atoms with van der Waals surface area (Å²) in [7, 11) is 0. The summed E-state index contributed by atoms with van der Waals surface area (Å²) >= 11 is 0. The molecule has 1 aliphatic heterocycles. The molecule has 0 aliphatic carbocycles. The second-order valence-electron chi connectivity index (χ2n) is 10.1. The Labute approximate surface area is 218 Å². The number of carbonyl (C=O) groups excluding carboxylic acids is 1. The number of H-pyrrole nitrogens is 1. The van der Waals surface area contributed by atoms with Gasteiger partial charge in [-0.3, -0.25) is 4.79 Å². The van der Waals surface area contributed by atoms with Gasteiger partial charge in [0.25, 0.3) is 0 Å². The van der Waals surface area contributed by atoms with Gasteiger partial charge in [-0.15, -0.1) is 0 Å². The van der Waals surface area contributed by atoms with Gasteiger partial charge in [0.05, 0.1) is 30.3 Å². The van der Waals surface area contributed by atoms with Gasteiger partial charge in [0, 0.05) is 23.5 Å². The number of unbranched alkanes of at least 4 members (excludes halogenated alkanes) is 5. The highest BCUT2D eigenvalue weighted by molar-refractivity contribution is 6.04. The Morgan fingerprint density at radius 2 is 1.78 bits per heavy atom. The largest absolute Gasteiger partial charge is 0.481 e. The maximum absolute atomic E-state index is 12.8. The highest BCUT2D eigenvalue weighted by atomic mass is 16.7. The number of ether oxygens (including phenoxy) is 3. The molecule has 0 saturated carbocycles. The quantitative estimate of drug-likeness (QED) is 0.199. The molecule has 9 heteroatoms. The number of para-hydroxylation sites is 1. The van der Waals surface area contributed by atoms with Gasteiger partial charge < -0.3 is 34.5 Å². The van der Waals surface area contributed by atoms with Crippen LogP contribution in [0.15, 0.2) is 30.5 Å². The average molecular weight is 520 g/mol. The van der Waals surface area contributed by atoms with E-state index in [1.165, 1.54) is 0 Å². The molecule has 0 radical (unpaired) electrons. The van der Waals surface area contributed by atoms with Crippen LogP contribution in [0.2, 0.25) is 0 Å². The summed E-state index contributed by atoms with van der Waals surface area (Å²) in [6.07, 6.45) is 5.59. The van der Waals surface area contributed by atoms with Crippen LogP contribution in [-0.4, -0.2) is 69.1 Å². The summed E-state index contributed by atoms with van der Waals surface area (Å²) in [5.41, 5.74) is 1.32. The number of nitrogens with one attached hydrogen (secondary N) is 1. The van der Waals surface area contributed by atoms with E-state index in [0.717, 1.165) is 55.8 Å². The molecule has 1 aliphatic rings. The summed E-state index contributed by atoms with van der Waals surface area (Å²) in [5.74, 6) is -1.41. The number of carbonyl (C=O) groups is 2. The Morgan fingerprint density at radius 1 is 1.11 bits per heavy atom. The number of aliphatic carboxylic acids is 1. The van der Waals surface area contributed by atoms with Crippen molar-refractivity contribution in [1.29, 1.82) is 0 Å². The first kappa shape index (κ1) is 29.1. The second-order valence-corrected chi connectivity index (χ2v) is 10.1. The fourth-order valence-corrected chi connectivity index (χ4v) is 4.76. The molecule has 9 nitrogen and oxygen atoms in total. The van der Waals surface area contributed by atoms with E-state index in [2.05, 4.69) is 4.98 Å². The molecule has 0 unspecified atom stereocenters. The number of benzene rings is 1. The number of rotatable bonds is 15. The van der Waals surface area contributed by atoms with Gasteiger partial charge in [0.1, 0.15) is 12.2 Å². The lowest BCUT2D eigenvalue weighted by atomic mass is 10.0. The van der Waals surface area contributed by atoms with E-state index in [-0.39, 0.29) is 18.9 Å². The number of aliphatic hydroxyl groups is 2. The number of esters is 1. The van der Waals surface area contributed by atoms with Crippen molar-refractivity contribution < 1.29 is 39.1 Å². The highest BCUT2D eigenvalue weighted by Crippen LogP contribution is 2.27. The molecule has 1 saturated heterocycles. The minimum Gasteiger partial charge on any atom is -0.481 e. The van der Waals surface area contributed by atoms with Gasteiger partial charge in [-0.1, -0.05) is 56.7 Å². The van der Waals surface area contributed by atoms with Crippen LogP contribution in [-0.2, 0) is 19.0 Å². The van der Waals surface area contributed by atoms with Crippen LogP contribution in [0.25, 0.3) is 10.9 Å². The maximum atomic E-state index is 12.8. The first-order valence-corrected chi connectivity index (χ1v) is 13.4. The number of aromatic amines is 1. The normalized spacial score (nSPS) is 23.6. The number of hydrogen-bond donors (Lipinski definition) is 4. The van der Waals surface area contributed by atoms with E-state index in [1.54, 1.807) is 6.20 Å². The molecular weight excluding hydrogens is 478 g/mol. The topological polar surface area (TPSA) is 138 Å². The van der Waals surface area contributed by atoms with Crippen molar-refractivity contribution in [3.05, 3.63) is 36.0 Å². The van der Waals surface area contributed by atoms with E-state index in [4.69, 9.17) is 19.3 Å². The van der Waals surface area contributed by atoms with Crippen molar-refractivity contribution in [1.82, 2.24) is 4.98 Å². The molecule has 1 fully saturated rings. The minimum atomic E-state index is -0.964. The van der Waals surface area contributed by atoms with E-state index in [1.807, 2.05) is 38.1 Å². The van der Waals surface area contributed by atoms with E-state index in [0.29, 0.717) is 12.0 Å². The van der Waals surface area contributed by atoms with Crippen molar-refractivity contribution in [2.24, 2.45) is 0 Å². The third kappa shape index (κ3) is 9.10. The molecule has 2 heterocycles. The molecule has 4 N–H and O–H groups in total. The molecule has 1 aromatic carbocycles. The number of aromatic nitrogens is 1. The van der Waals surface area contributed by atoms with Crippen molar-refractivity contribution in [3.8, 4) is 0 Å². The van der Waals surface area contributed by atoms with E-state index in [9.17, 15) is 19.8 Å². The molecule has 0 bridgehead atoms. The van der Waals surface area contributed by atoms with Gasteiger partial charge in [-0.25, -0.2) is 4.79 Å². The van der Waals surface area contributed by atoms with Crippen molar-refractivity contribution >= 4 is 22.8 Å². The van der Waals surface area contributed by atoms with Gasteiger partial charge >= 0.3 is 11.9 Å².